The van der Waals surface area contributed by atoms with Gasteiger partial charge in [-0.15, -0.1) is 0 Å². The third-order valence-corrected chi connectivity index (χ3v) is 4.16. The number of pyridine rings is 1. The number of likely N-dealkylation sites (N-methyl/N-ethyl adjacent to an activating group) is 2. The van der Waals surface area contributed by atoms with Gasteiger partial charge in [-0.25, -0.2) is 0 Å². The van der Waals surface area contributed by atoms with Crippen LogP contribution in [0.1, 0.15) is 42.4 Å². The van der Waals surface area contributed by atoms with E-state index in [4.69, 9.17) is 0 Å². The Bertz CT molecular complexity index is 756. The van der Waals surface area contributed by atoms with Crippen LogP contribution in [-0.2, 0) is 11.2 Å². The first-order chi connectivity index (χ1) is 11.5. The van der Waals surface area contributed by atoms with E-state index in [1.807, 2.05) is 52.0 Å². The highest BCUT2D eigenvalue weighted by Gasteiger charge is 2.23. The predicted molar refractivity (Wildman–Crippen MR) is 96.1 cm³/mol. The molecule has 0 atom stereocenters. The minimum atomic E-state index is -0.139. The van der Waals surface area contributed by atoms with E-state index in [2.05, 4.69) is 10.3 Å². The highest BCUT2D eigenvalue weighted by molar-refractivity contribution is 6.08. The number of aromatic nitrogens is 1. The van der Waals surface area contributed by atoms with Gasteiger partial charge >= 0.3 is 0 Å². The smallest absolute Gasteiger partial charge is 0.255 e. The largest absolute Gasteiger partial charge is 0.355 e. The molecule has 0 aliphatic carbocycles. The number of carbonyl (C=O) groups is 2. The molecule has 2 amide bonds. The van der Waals surface area contributed by atoms with Crippen LogP contribution in [0.2, 0.25) is 0 Å². The van der Waals surface area contributed by atoms with E-state index in [0.717, 1.165) is 28.6 Å². The molecule has 1 aromatic carbocycles. The molecule has 24 heavy (non-hydrogen) atoms. The Kier molecular flexibility index (Phi) is 5.90. The van der Waals surface area contributed by atoms with Gasteiger partial charge < -0.3 is 10.2 Å². The minimum absolute atomic E-state index is 0.0702. The fourth-order valence-corrected chi connectivity index (χ4v) is 2.89. The highest BCUT2D eigenvalue weighted by Crippen LogP contribution is 2.25. The van der Waals surface area contributed by atoms with Gasteiger partial charge in [0.1, 0.15) is 0 Å². The first kappa shape index (κ1) is 17.9. The van der Waals surface area contributed by atoms with Gasteiger partial charge in [0.25, 0.3) is 5.91 Å². The molecule has 128 valence electrons. The van der Waals surface area contributed by atoms with E-state index in [9.17, 15) is 9.59 Å². The van der Waals surface area contributed by atoms with Crippen molar-refractivity contribution in [1.82, 2.24) is 15.2 Å². The maximum Gasteiger partial charge on any atom is 0.255 e. The van der Waals surface area contributed by atoms with Crippen molar-refractivity contribution in [2.24, 2.45) is 0 Å². The second kappa shape index (κ2) is 7.90. The maximum absolute atomic E-state index is 13.1. The summed E-state index contributed by atoms with van der Waals surface area (Å²) < 4.78 is 0. The van der Waals surface area contributed by atoms with Gasteiger partial charge in [-0.05, 0) is 38.8 Å². The monoisotopic (exact) mass is 327 g/mol. The normalized spacial score (nSPS) is 10.7. The molecule has 0 aliphatic heterocycles. The average Bonchev–Trinajstić information content (AvgIpc) is 2.58. The quantitative estimate of drug-likeness (QED) is 0.887. The summed E-state index contributed by atoms with van der Waals surface area (Å²) in [5.74, 6) is -0.256. The number of fused-ring (bicyclic) bond motifs is 1. The summed E-state index contributed by atoms with van der Waals surface area (Å²) in [5, 5.41) is 3.59. The molecule has 0 bridgehead atoms. The summed E-state index contributed by atoms with van der Waals surface area (Å²) in [7, 11) is 0. The van der Waals surface area contributed by atoms with Crippen LogP contribution in [-0.4, -0.2) is 41.3 Å². The number of carbonyl (C=O) groups excluding carboxylic acids is 2. The summed E-state index contributed by atoms with van der Waals surface area (Å²) in [6, 6.07) is 7.67. The van der Waals surface area contributed by atoms with Crippen molar-refractivity contribution in [3.63, 3.8) is 0 Å². The lowest BCUT2D eigenvalue weighted by Crippen LogP contribution is -2.41. The van der Waals surface area contributed by atoms with Crippen LogP contribution in [0, 0.1) is 6.92 Å². The molecule has 5 heteroatoms. The van der Waals surface area contributed by atoms with Gasteiger partial charge in [-0.3, -0.25) is 14.6 Å². The second-order valence-corrected chi connectivity index (χ2v) is 5.70. The molecular weight excluding hydrogens is 302 g/mol. The summed E-state index contributed by atoms with van der Waals surface area (Å²) in [6.45, 7) is 8.83. The minimum Gasteiger partial charge on any atom is -0.355 e. The van der Waals surface area contributed by atoms with Crippen molar-refractivity contribution < 1.29 is 9.59 Å². The van der Waals surface area contributed by atoms with Gasteiger partial charge in [-0.2, -0.15) is 0 Å². The van der Waals surface area contributed by atoms with E-state index in [1.54, 1.807) is 4.90 Å². The predicted octanol–water partition coefficient (Wildman–Crippen LogP) is 2.70. The van der Waals surface area contributed by atoms with Crippen molar-refractivity contribution in [1.29, 1.82) is 0 Å². The average molecular weight is 327 g/mol. The van der Waals surface area contributed by atoms with Crippen LogP contribution in [0.5, 0.6) is 0 Å². The number of benzene rings is 1. The Balaban J connectivity index is 2.50. The molecule has 0 radical (unpaired) electrons. The third-order valence-electron chi connectivity index (χ3n) is 4.16. The van der Waals surface area contributed by atoms with Crippen LogP contribution in [0.15, 0.2) is 24.3 Å². The Morgan fingerprint density at radius 1 is 1.17 bits per heavy atom. The highest BCUT2D eigenvalue weighted by atomic mass is 16.2. The Labute approximate surface area is 143 Å². The van der Waals surface area contributed by atoms with E-state index in [1.165, 1.54) is 0 Å². The molecule has 2 rings (SSSR count). The fraction of sp³-hybridized carbons (Fsp3) is 0.421. The van der Waals surface area contributed by atoms with Crippen molar-refractivity contribution in [2.75, 3.05) is 19.6 Å². The zero-order valence-corrected chi connectivity index (χ0v) is 14.8. The SMILES string of the molecule is CCNC(=O)CN(CC)C(=O)c1c(C)c(CC)nc2ccccc12. The molecule has 2 aromatic rings. The number of hydrogen-bond donors (Lipinski definition) is 1. The first-order valence-electron chi connectivity index (χ1n) is 8.47. The van der Waals surface area contributed by atoms with Gasteiger partial charge in [-0.1, -0.05) is 25.1 Å². The van der Waals surface area contributed by atoms with Crippen LogP contribution in [0.3, 0.4) is 0 Å². The van der Waals surface area contributed by atoms with E-state index < -0.39 is 0 Å². The van der Waals surface area contributed by atoms with Gasteiger partial charge in [0.05, 0.1) is 17.6 Å². The van der Waals surface area contributed by atoms with Gasteiger partial charge in [0, 0.05) is 24.2 Å². The molecular formula is C19H25N3O2. The van der Waals surface area contributed by atoms with Crippen LogP contribution in [0.4, 0.5) is 0 Å². The Morgan fingerprint density at radius 3 is 2.50 bits per heavy atom. The molecule has 1 N–H and O–H groups in total. The number of para-hydroxylation sites is 1. The number of hydrogen-bond acceptors (Lipinski definition) is 3. The number of rotatable bonds is 6. The van der Waals surface area contributed by atoms with E-state index in [-0.39, 0.29) is 18.4 Å². The summed E-state index contributed by atoms with van der Waals surface area (Å²) >= 11 is 0. The molecule has 0 fully saturated rings. The first-order valence-corrected chi connectivity index (χ1v) is 8.47. The van der Waals surface area contributed by atoms with Crippen molar-refractivity contribution in [2.45, 2.75) is 34.1 Å². The lowest BCUT2D eigenvalue weighted by molar-refractivity contribution is -0.121. The van der Waals surface area contributed by atoms with Crippen LogP contribution in [0.25, 0.3) is 10.9 Å². The molecule has 5 nitrogen and oxygen atoms in total. The van der Waals surface area contributed by atoms with Gasteiger partial charge in [0.15, 0.2) is 0 Å². The van der Waals surface area contributed by atoms with E-state index in [0.29, 0.717) is 18.7 Å². The number of aryl methyl sites for hydroxylation is 1. The lowest BCUT2D eigenvalue weighted by atomic mass is 9.99. The molecule has 1 aromatic heterocycles. The molecule has 0 unspecified atom stereocenters. The number of amides is 2. The Hall–Kier alpha value is -2.43. The second-order valence-electron chi connectivity index (χ2n) is 5.70. The zero-order valence-electron chi connectivity index (χ0n) is 14.8. The molecule has 0 aliphatic rings. The molecule has 0 spiro atoms. The Morgan fingerprint density at radius 2 is 1.88 bits per heavy atom. The lowest BCUT2D eigenvalue weighted by Gasteiger charge is -2.23. The summed E-state index contributed by atoms with van der Waals surface area (Å²) in [5.41, 5.74) is 3.29. The summed E-state index contributed by atoms with van der Waals surface area (Å²) in [6.07, 6.45) is 0.763. The van der Waals surface area contributed by atoms with E-state index >= 15 is 0 Å². The van der Waals surface area contributed by atoms with Crippen molar-refractivity contribution >= 4 is 22.7 Å². The maximum atomic E-state index is 13.1. The number of nitrogens with one attached hydrogen (secondary N) is 1. The number of nitrogens with zero attached hydrogens (tertiary/aromatic N) is 2. The topological polar surface area (TPSA) is 62.3 Å². The summed E-state index contributed by atoms with van der Waals surface area (Å²) in [4.78, 5) is 31.3. The van der Waals surface area contributed by atoms with Crippen LogP contribution < -0.4 is 5.32 Å². The van der Waals surface area contributed by atoms with Crippen LogP contribution >= 0.6 is 0 Å². The molecule has 0 saturated carbocycles. The zero-order chi connectivity index (χ0) is 17.7. The standard InChI is InChI=1S/C19H25N3O2/c1-5-15-13(4)18(14-10-8-9-11-16(14)21-15)19(24)22(7-3)12-17(23)20-6-2/h8-11H,5-7,12H2,1-4H3,(H,20,23). The fourth-order valence-electron chi connectivity index (χ4n) is 2.89. The third kappa shape index (κ3) is 3.55. The molecule has 1 heterocycles. The van der Waals surface area contributed by atoms with Gasteiger partial charge in [0.2, 0.25) is 5.91 Å². The molecule has 0 saturated heterocycles. The van der Waals surface area contributed by atoms with Crippen molar-refractivity contribution in [3.05, 3.63) is 41.1 Å². The van der Waals surface area contributed by atoms with Crippen molar-refractivity contribution in [3.8, 4) is 0 Å².